The van der Waals surface area contributed by atoms with E-state index in [4.69, 9.17) is 0 Å². The number of rotatable bonds is 8. The third-order valence-electron chi connectivity index (χ3n) is 2.82. The number of carboxylic acid groups (broad SMARTS) is 2. The summed E-state index contributed by atoms with van der Waals surface area (Å²) in [6, 6.07) is 0. The standard InChI is InChI=1S/2C4H4O2S2.2C4H9.Sn/c2*5-4(6)3-1-2-7-8-3;2*1-3-4-2;/h2*1-3H,(H,5,6);2*1,3-4H2,2H3;/q;;;;+2/p-2. The molecule has 2 rings (SSSR count). The van der Waals surface area contributed by atoms with Gasteiger partial charge in [-0.2, -0.15) is 0 Å². The van der Waals surface area contributed by atoms with E-state index in [0.29, 0.717) is 0 Å². The van der Waals surface area contributed by atoms with Gasteiger partial charge in [0.1, 0.15) is 0 Å². The maximum atomic E-state index is 10.0. The van der Waals surface area contributed by atoms with E-state index in [1.54, 1.807) is 31.8 Å². The molecule has 4 nitrogen and oxygen atoms in total. The first-order valence-corrected chi connectivity index (χ1v) is 16.7. The minimum Gasteiger partial charge on any atom is -0.549 e. The van der Waals surface area contributed by atoms with Gasteiger partial charge in [0.2, 0.25) is 0 Å². The average Bonchev–Trinajstić information content (AvgIpc) is 3.29. The monoisotopic (exact) mass is 528 g/mol. The first-order chi connectivity index (χ1) is 12.0. The van der Waals surface area contributed by atoms with Gasteiger partial charge < -0.3 is 19.8 Å². The molecule has 2 aliphatic rings. The number of aliphatic carboxylic acids is 2. The molecule has 0 aromatic heterocycles. The maximum Gasteiger partial charge on any atom is 0.0738 e. The van der Waals surface area contributed by atoms with E-state index in [9.17, 15) is 19.8 Å². The molecular weight excluding hydrogens is 503 g/mol. The minimum atomic E-state index is -1.00. The Morgan fingerprint density at radius 3 is 1.48 bits per heavy atom. The van der Waals surface area contributed by atoms with E-state index in [1.807, 2.05) is 0 Å². The van der Waals surface area contributed by atoms with Crippen LogP contribution in [0, 0.1) is 0 Å². The van der Waals surface area contributed by atoms with Crippen molar-refractivity contribution in [3.05, 3.63) is 23.0 Å². The van der Waals surface area contributed by atoms with Crippen molar-refractivity contribution < 1.29 is 19.8 Å². The Balaban J connectivity index is 0.000000346. The summed E-state index contributed by atoms with van der Waals surface area (Å²) in [6.07, 6.45) is 9.07. The predicted molar refractivity (Wildman–Crippen MR) is 111 cm³/mol. The second-order valence-electron chi connectivity index (χ2n) is 4.98. The summed E-state index contributed by atoms with van der Waals surface area (Å²) in [5, 5.41) is 22.7. The van der Waals surface area contributed by atoms with Crippen molar-refractivity contribution >= 4 is 76.3 Å². The van der Waals surface area contributed by atoms with Gasteiger partial charge in [-0.15, -0.1) is 0 Å². The van der Waals surface area contributed by atoms with E-state index in [2.05, 4.69) is 13.8 Å². The predicted octanol–water partition coefficient (Wildman–Crippen LogP) is 3.15. The number of hydrogen-bond donors (Lipinski definition) is 0. The van der Waals surface area contributed by atoms with Crippen molar-refractivity contribution in [2.24, 2.45) is 0 Å². The smallest absolute Gasteiger partial charge is 0.0738 e. The molecule has 9 heteroatoms. The van der Waals surface area contributed by atoms with Crippen LogP contribution in [0.3, 0.4) is 0 Å². The van der Waals surface area contributed by atoms with Gasteiger partial charge in [0.15, 0.2) is 0 Å². The first-order valence-electron chi connectivity index (χ1n) is 8.12. The number of carboxylic acids is 2. The van der Waals surface area contributed by atoms with Crippen LogP contribution >= 0.6 is 43.2 Å². The summed E-state index contributed by atoms with van der Waals surface area (Å²) in [5.74, 6) is -2.01. The fourth-order valence-electron chi connectivity index (χ4n) is 1.42. The minimum absolute atomic E-state index is 0.149. The Bertz CT molecular complexity index is 394. The molecule has 0 amide bonds. The fourth-order valence-corrected chi connectivity index (χ4v) is 9.37. The molecule has 0 aromatic rings. The van der Waals surface area contributed by atoms with Crippen molar-refractivity contribution in [1.82, 2.24) is 0 Å². The Morgan fingerprint density at radius 1 is 0.880 bits per heavy atom. The molecule has 0 aromatic carbocycles. The molecule has 25 heavy (non-hydrogen) atoms. The van der Waals surface area contributed by atoms with Crippen LogP contribution in [0.5, 0.6) is 0 Å². The normalized spacial score (nSPS) is 20.1. The summed E-state index contributed by atoms with van der Waals surface area (Å²) in [6.45, 7) is 4.58. The largest absolute Gasteiger partial charge is 0.549 e. The topological polar surface area (TPSA) is 80.3 Å². The van der Waals surface area contributed by atoms with Gasteiger partial charge in [-0.1, -0.05) is 55.3 Å². The molecular formula is C16H24O4S4Sn. The van der Waals surface area contributed by atoms with Gasteiger partial charge in [0.25, 0.3) is 0 Å². The molecule has 0 bridgehead atoms. The molecule has 0 saturated heterocycles. The zero-order chi connectivity index (χ0) is 18.9. The van der Waals surface area contributed by atoms with Gasteiger partial charge in [-0.25, -0.2) is 0 Å². The molecule has 2 atom stereocenters. The van der Waals surface area contributed by atoms with Crippen LogP contribution in [0.1, 0.15) is 39.5 Å². The van der Waals surface area contributed by atoms with E-state index >= 15 is 0 Å². The van der Waals surface area contributed by atoms with Crippen LogP contribution in [0.25, 0.3) is 0 Å². The summed E-state index contributed by atoms with van der Waals surface area (Å²) in [5.41, 5.74) is 0. The zero-order valence-electron chi connectivity index (χ0n) is 14.5. The fraction of sp³-hybridized carbons (Fsp3) is 0.625. The van der Waals surface area contributed by atoms with Crippen LogP contribution < -0.4 is 10.2 Å². The molecule has 2 aliphatic heterocycles. The summed E-state index contributed by atoms with van der Waals surface area (Å²) in [4.78, 5) is 20.0. The van der Waals surface area contributed by atoms with Crippen molar-refractivity contribution in [3.63, 3.8) is 0 Å². The SMILES string of the molecule is CCC[CH2][Sn+2][CH2]CCC.O=C([O-])C1C=CSS1.O=C([O-])C1C=CSS1. The first kappa shape index (κ1) is 25.6. The Morgan fingerprint density at radius 2 is 1.28 bits per heavy atom. The van der Waals surface area contributed by atoms with Crippen LogP contribution in [-0.2, 0) is 9.59 Å². The van der Waals surface area contributed by atoms with Crippen molar-refractivity contribution in [3.8, 4) is 0 Å². The number of carbonyl (C=O) groups is 2. The maximum absolute atomic E-state index is 10.0. The van der Waals surface area contributed by atoms with Crippen LogP contribution in [-0.4, -0.2) is 43.6 Å². The van der Waals surface area contributed by atoms with Gasteiger partial charge >= 0.3 is 69.5 Å². The van der Waals surface area contributed by atoms with Crippen LogP contribution in [0.15, 0.2) is 23.0 Å². The molecule has 2 unspecified atom stereocenters. The Kier molecular flexibility index (Phi) is 18.4. The van der Waals surface area contributed by atoms with Gasteiger partial charge in [0.05, 0.1) is 22.4 Å². The number of carbonyl (C=O) groups excluding carboxylic acids is 2. The number of unbranched alkanes of at least 4 members (excludes halogenated alkanes) is 2. The second kappa shape index (κ2) is 18.0. The van der Waals surface area contributed by atoms with Crippen molar-refractivity contribution in [1.29, 1.82) is 0 Å². The van der Waals surface area contributed by atoms with Gasteiger partial charge in [-0.05, 0) is 10.8 Å². The summed E-state index contributed by atoms with van der Waals surface area (Å²) < 4.78 is 3.25. The molecule has 0 saturated carbocycles. The van der Waals surface area contributed by atoms with E-state index in [0.717, 1.165) is 0 Å². The molecule has 0 aliphatic carbocycles. The summed E-state index contributed by atoms with van der Waals surface area (Å²) in [7, 11) is 5.44. The Labute approximate surface area is 176 Å². The summed E-state index contributed by atoms with van der Waals surface area (Å²) >= 11 is 0.149. The molecule has 140 valence electrons. The Hall–Kier alpha value is 0.619. The molecule has 0 N–H and O–H groups in total. The second-order valence-corrected chi connectivity index (χ2v) is 13.9. The van der Waals surface area contributed by atoms with Crippen LogP contribution in [0.4, 0.5) is 0 Å². The van der Waals surface area contributed by atoms with Crippen molar-refractivity contribution in [2.45, 2.75) is 58.9 Å². The molecule has 2 heterocycles. The quantitative estimate of drug-likeness (QED) is 0.271. The zero-order valence-corrected chi connectivity index (χ0v) is 20.6. The average molecular weight is 527 g/mol. The third-order valence-corrected chi connectivity index (χ3v) is 11.3. The third kappa shape index (κ3) is 15.4. The van der Waals surface area contributed by atoms with E-state index in [-0.39, 0.29) is 21.1 Å². The van der Waals surface area contributed by atoms with Gasteiger partial charge in [-0.3, -0.25) is 0 Å². The van der Waals surface area contributed by atoms with Crippen LogP contribution in [0.2, 0.25) is 8.87 Å². The van der Waals surface area contributed by atoms with E-state index in [1.165, 1.54) is 68.9 Å². The van der Waals surface area contributed by atoms with Gasteiger partial charge in [0, 0.05) is 0 Å². The number of hydrogen-bond acceptors (Lipinski definition) is 8. The van der Waals surface area contributed by atoms with Crippen molar-refractivity contribution in [2.75, 3.05) is 0 Å². The molecule has 0 spiro atoms. The molecule has 0 radical (unpaired) electrons. The van der Waals surface area contributed by atoms with E-state index < -0.39 is 22.4 Å². The molecule has 0 fully saturated rings.